The zero-order valence-corrected chi connectivity index (χ0v) is 14.8. The molecule has 0 atom stereocenters. The normalized spacial score (nSPS) is 10.9. The predicted octanol–water partition coefficient (Wildman–Crippen LogP) is 4.24. The monoisotopic (exact) mass is 363 g/mol. The molecule has 27 heavy (non-hydrogen) atoms. The van der Waals surface area contributed by atoms with Crippen LogP contribution in [-0.2, 0) is 0 Å². The van der Waals surface area contributed by atoms with Crippen molar-refractivity contribution >= 4 is 17.8 Å². The van der Waals surface area contributed by atoms with Crippen molar-refractivity contribution < 1.29 is 14.1 Å². The van der Waals surface area contributed by atoms with E-state index in [1.54, 1.807) is 43.3 Å². The number of hydrogen-bond acceptors (Lipinski definition) is 5. The van der Waals surface area contributed by atoms with Crippen LogP contribution in [0.2, 0.25) is 0 Å². The number of benzene rings is 2. The van der Waals surface area contributed by atoms with Crippen LogP contribution in [-0.4, -0.2) is 17.0 Å². The van der Waals surface area contributed by atoms with Gasteiger partial charge >= 0.3 is 0 Å². The first kappa shape index (κ1) is 18.1. The van der Waals surface area contributed by atoms with Crippen LogP contribution in [0.25, 0.3) is 11.3 Å². The molecule has 2 aromatic carbocycles. The lowest BCUT2D eigenvalue weighted by Gasteiger charge is -2.01. The second-order valence-corrected chi connectivity index (χ2v) is 6.04. The first-order chi connectivity index (χ1) is 12.9. The van der Waals surface area contributed by atoms with E-state index in [9.17, 15) is 14.9 Å². The summed E-state index contributed by atoms with van der Waals surface area (Å²) in [6, 6.07) is 15.3. The molecule has 0 fully saturated rings. The fourth-order valence-corrected chi connectivity index (χ4v) is 2.49. The fraction of sp³-hybridized carbons (Fsp3) is 0.100. The van der Waals surface area contributed by atoms with Crippen LogP contribution >= 0.6 is 0 Å². The molecule has 7 heteroatoms. The number of aryl methyl sites for hydroxylation is 2. The molecule has 0 saturated carbocycles. The zero-order chi connectivity index (χ0) is 19.4. The predicted molar refractivity (Wildman–Crippen MR) is 102 cm³/mol. The number of rotatable bonds is 5. The number of hydrazone groups is 1. The van der Waals surface area contributed by atoms with Crippen molar-refractivity contribution in [2.45, 2.75) is 13.8 Å². The number of nitrogens with zero attached hydrogens (tertiary/aromatic N) is 2. The van der Waals surface area contributed by atoms with E-state index in [0.717, 1.165) is 11.1 Å². The van der Waals surface area contributed by atoms with E-state index in [1.807, 2.05) is 19.1 Å². The van der Waals surface area contributed by atoms with Crippen molar-refractivity contribution in [3.63, 3.8) is 0 Å². The Morgan fingerprint density at radius 2 is 1.78 bits per heavy atom. The molecular weight excluding hydrogens is 346 g/mol. The summed E-state index contributed by atoms with van der Waals surface area (Å²) in [7, 11) is 0. The first-order valence-corrected chi connectivity index (χ1v) is 8.19. The third-order valence-corrected chi connectivity index (χ3v) is 3.91. The molecule has 3 aromatic rings. The number of amides is 1. The Labute approximate surface area is 155 Å². The van der Waals surface area contributed by atoms with Crippen LogP contribution in [0.1, 0.15) is 27.2 Å². The number of carbonyl (C=O) groups excluding carboxylic acids is 1. The number of nitro groups is 1. The maximum absolute atomic E-state index is 12.0. The number of carbonyl (C=O) groups is 1. The van der Waals surface area contributed by atoms with Crippen LogP contribution < -0.4 is 5.43 Å². The van der Waals surface area contributed by atoms with Crippen molar-refractivity contribution in [3.05, 3.63) is 87.2 Å². The quantitative estimate of drug-likeness (QED) is 0.416. The van der Waals surface area contributed by atoms with Crippen LogP contribution in [0.4, 0.5) is 5.69 Å². The molecule has 0 aliphatic carbocycles. The molecule has 3 rings (SSSR count). The van der Waals surface area contributed by atoms with Gasteiger partial charge in [0.1, 0.15) is 11.5 Å². The summed E-state index contributed by atoms with van der Waals surface area (Å²) in [6.45, 7) is 3.72. The maximum Gasteiger partial charge on any atom is 0.280 e. The molecule has 0 radical (unpaired) electrons. The Morgan fingerprint density at radius 1 is 1.07 bits per heavy atom. The van der Waals surface area contributed by atoms with Gasteiger partial charge in [-0.25, -0.2) is 5.43 Å². The Kier molecular flexibility index (Phi) is 5.12. The van der Waals surface area contributed by atoms with E-state index in [2.05, 4.69) is 10.5 Å². The molecule has 0 bridgehead atoms. The largest absolute Gasteiger partial charge is 0.455 e. The van der Waals surface area contributed by atoms with Gasteiger partial charge in [0.2, 0.25) is 0 Å². The fourth-order valence-electron chi connectivity index (χ4n) is 2.49. The second-order valence-electron chi connectivity index (χ2n) is 6.04. The molecule has 0 unspecified atom stereocenters. The minimum atomic E-state index is -0.444. The van der Waals surface area contributed by atoms with E-state index in [0.29, 0.717) is 22.6 Å². The van der Waals surface area contributed by atoms with Gasteiger partial charge in [-0.05, 0) is 49.7 Å². The molecule has 1 N–H and O–H groups in total. The van der Waals surface area contributed by atoms with Gasteiger partial charge in [-0.3, -0.25) is 14.9 Å². The van der Waals surface area contributed by atoms with Crippen molar-refractivity contribution in [2.24, 2.45) is 5.10 Å². The smallest absolute Gasteiger partial charge is 0.280 e. The number of hydrogen-bond donors (Lipinski definition) is 1. The summed E-state index contributed by atoms with van der Waals surface area (Å²) < 4.78 is 5.60. The molecule has 1 aromatic heterocycles. The van der Waals surface area contributed by atoms with Gasteiger partial charge in [-0.15, -0.1) is 0 Å². The topological polar surface area (TPSA) is 97.7 Å². The van der Waals surface area contributed by atoms with Gasteiger partial charge in [0.25, 0.3) is 11.6 Å². The van der Waals surface area contributed by atoms with Crippen molar-refractivity contribution in [1.29, 1.82) is 0 Å². The zero-order valence-electron chi connectivity index (χ0n) is 14.8. The van der Waals surface area contributed by atoms with Crippen molar-refractivity contribution in [2.75, 3.05) is 0 Å². The van der Waals surface area contributed by atoms with Crippen molar-refractivity contribution in [1.82, 2.24) is 5.43 Å². The maximum atomic E-state index is 12.0. The molecule has 1 heterocycles. The van der Waals surface area contributed by atoms with Crippen LogP contribution in [0.3, 0.4) is 0 Å². The summed E-state index contributed by atoms with van der Waals surface area (Å²) in [4.78, 5) is 22.8. The van der Waals surface area contributed by atoms with Gasteiger partial charge in [0.15, 0.2) is 0 Å². The molecule has 136 valence electrons. The van der Waals surface area contributed by atoms with E-state index >= 15 is 0 Å². The lowest BCUT2D eigenvalue weighted by Crippen LogP contribution is -2.17. The highest BCUT2D eigenvalue weighted by Crippen LogP contribution is 2.31. The van der Waals surface area contributed by atoms with Crippen LogP contribution in [0.15, 0.2) is 64.1 Å². The minimum absolute atomic E-state index is 0.0273. The first-order valence-electron chi connectivity index (χ1n) is 8.19. The van der Waals surface area contributed by atoms with E-state index in [4.69, 9.17) is 4.42 Å². The molecular formula is C20H17N3O4. The highest BCUT2D eigenvalue weighted by Gasteiger charge is 2.18. The Bertz CT molecular complexity index is 1020. The van der Waals surface area contributed by atoms with Gasteiger partial charge in [-0.2, -0.15) is 5.10 Å². The molecule has 1 amide bonds. The third kappa shape index (κ3) is 4.27. The number of nitrogens with one attached hydrogen (secondary N) is 1. The van der Waals surface area contributed by atoms with E-state index < -0.39 is 4.92 Å². The molecule has 0 spiro atoms. The molecule has 0 saturated heterocycles. The Morgan fingerprint density at radius 3 is 2.48 bits per heavy atom. The van der Waals surface area contributed by atoms with Gasteiger partial charge in [-0.1, -0.05) is 23.8 Å². The highest BCUT2D eigenvalue weighted by molar-refractivity contribution is 5.94. The highest BCUT2D eigenvalue weighted by atomic mass is 16.6. The number of furan rings is 1. The summed E-state index contributed by atoms with van der Waals surface area (Å²) in [5.41, 5.74) is 5.11. The van der Waals surface area contributed by atoms with E-state index in [-0.39, 0.29) is 11.6 Å². The molecule has 7 nitrogen and oxygen atoms in total. The SMILES string of the molecule is Cc1ccc(C(=O)NN=Cc2ccc(-c3ccc(C)cc3[N+](=O)[O-])o2)cc1. The Hall–Kier alpha value is -3.74. The summed E-state index contributed by atoms with van der Waals surface area (Å²) in [5.74, 6) is 0.379. The van der Waals surface area contributed by atoms with Crippen LogP contribution in [0.5, 0.6) is 0 Å². The van der Waals surface area contributed by atoms with E-state index in [1.165, 1.54) is 12.3 Å². The summed E-state index contributed by atoms with van der Waals surface area (Å²) >= 11 is 0. The summed E-state index contributed by atoms with van der Waals surface area (Å²) in [6.07, 6.45) is 1.34. The second kappa shape index (κ2) is 7.65. The Balaban J connectivity index is 1.73. The number of nitro benzene ring substituents is 1. The standard InChI is InChI=1S/C20H17N3O4/c1-13-3-6-15(7-4-13)20(24)22-21-12-16-8-10-19(27-16)17-9-5-14(2)11-18(17)23(25)26/h3-12H,1-2H3,(H,22,24). The molecule has 0 aliphatic heterocycles. The lowest BCUT2D eigenvalue weighted by atomic mass is 10.1. The van der Waals surface area contributed by atoms with Crippen molar-refractivity contribution in [3.8, 4) is 11.3 Å². The average molecular weight is 363 g/mol. The average Bonchev–Trinajstić information content (AvgIpc) is 3.10. The lowest BCUT2D eigenvalue weighted by molar-refractivity contribution is -0.384. The molecule has 0 aliphatic rings. The third-order valence-electron chi connectivity index (χ3n) is 3.91. The summed E-state index contributed by atoms with van der Waals surface area (Å²) in [5, 5.41) is 15.1. The minimum Gasteiger partial charge on any atom is -0.455 e. The van der Waals surface area contributed by atoms with Crippen LogP contribution in [0, 0.1) is 24.0 Å². The van der Waals surface area contributed by atoms with Gasteiger partial charge in [0.05, 0.1) is 16.7 Å². The van der Waals surface area contributed by atoms with Gasteiger partial charge < -0.3 is 4.42 Å². The van der Waals surface area contributed by atoms with Gasteiger partial charge in [0, 0.05) is 11.6 Å².